The molecular weight excluding hydrogens is 276 g/mol. The Morgan fingerprint density at radius 1 is 1.41 bits per heavy atom. The Hall–Kier alpha value is -2.00. The number of hydrogen-bond donors (Lipinski definition) is 0. The van der Waals surface area contributed by atoms with Crippen LogP contribution < -0.4 is 0 Å². The molecule has 5 heteroatoms. The summed E-state index contributed by atoms with van der Waals surface area (Å²) in [5.41, 5.74) is 9.72. The van der Waals surface area contributed by atoms with E-state index in [0.29, 0.717) is 12.3 Å². The second kappa shape index (κ2) is 6.01. The van der Waals surface area contributed by atoms with Gasteiger partial charge in [0.25, 0.3) is 0 Å². The first-order valence-corrected chi connectivity index (χ1v) is 8.04. The Labute approximate surface area is 130 Å². The number of azide groups is 1. The molecule has 2 unspecified atom stereocenters. The maximum Gasteiger partial charge on any atom is 0.223 e. The molecule has 0 aromatic heterocycles. The van der Waals surface area contributed by atoms with E-state index < -0.39 is 0 Å². The lowest BCUT2D eigenvalue weighted by atomic mass is 9.72. The zero-order chi connectivity index (χ0) is 15.6. The van der Waals surface area contributed by atoms with Crippen molar-refractivity contribution < 1.29 is 4.79 Å². The molecule has 1 saturated heterocycles. The molecule has 0 radical (unpaired) electrons. The third-order valence-corrected chi connectivity index (χ3v) is 5.20. The van der Waals surface area contributed by atoms with Gasteiger partial charge in [-0.1, -0.05) is 41.9 Å². The van der Waals surface area contributed by atoms with Gasteiger partial charge in [0, 0.05) is 23.4 Å². The number of benzene rings is 1. The molecule has 1 aromatic rings. The third-order valence-electron chi connectivity index (χ3n) is 5.20. The molecule has 1 aliphatic heterocycles. The van der Waals surface area contributed by atoms with Crippen LogP contribution in [0.3, 0.4) is 0 Å². The van der Waals surface area contributed by atoms with Gasteiger partial charge in [0.05, 0.1) is 6.04 Å². The molecule has 2 fully saturated rings. The first-order chi connectivity index (χ1) is 10.6. The maximum absolute atomic E-state index is 12.4. The first-order valence-electron chi connectivity index (χ1n) is 8.04. The summed E-state index contributed by atoms with van der Waals surface area (Å²) in [5.74, 6) is 0.529. The summed E-state index contributed by atoms with van der Waals surface area (Å²) in [6.07, 6.45) is 4.50. The highest BCUT2D eigenvalue weighted by atomic mass is 16.2. The maximum atomic E-state index is 12.4. The molecule has 5 nitrogen and oxygen atoms in total. The molecule has 0 spiro atoms. The van der Waals surface area contributed by atoms with Crippen LogP contribution in [-0.4, -0.2) is 22.9 Å². The smallest absolute Gasteiger partial charge is 0.223 e. The van der Waals surface area contributed by atoms with E-state index in [4.69, 9.17) is 5.53 Å². The van der Waals surface area contributed by atoms with Crippen LogP contribution >= 0.6 is 0 Å². The van der Waals surface area contributed by atoms with Crippen LogP contribution in [0.1, 0.15) is 50.6 Å². The van der Waals surface area contributed by atoms with Crippen molar-refractivity contribution in [2.24, 2.45) is 11.0 Å². The van der Waals surface area contributed by atoms with Gasteiger partial charge in [0.2, 0.25) is 5.91 Å². The van der Waals surface area contributed by atoms with E-state index in [9.17, 15) is 4.79 Å². The Morgan fingerprint density at radius 3 is 2.73 bits per heavy atom. The fourth-order valence-electron chi connectivity index (χ4n) is 3.79. The minimum Gasteiger partial charge on any atom is -0.336 e. The molecule has 1 aliphatic carbocycles. The molecule has 2 atom stereocenters. The van der Waals surface area contributed by atoms with Crippen molar-refractivity contribution in [1.82, 2.24) is 4.90 Å². The molecule has 116 valence electrons. The van der Waals surface area contributed by atoms with Gasteiger partial charge in [-0.2, -0.15) is 0 Å². The van der Waals surface area contributed by atoms with E-state index in [1.54, 1.807) is 0 Å². The van der Waals surface area contributed by atoms with Crippen LogP contribution in [0.2, 0.25) is 0 Å². The number of carbonyl (C=O) groups is 1. The molecule has 1 saturated carbocycles. The monoisotopic (exact) mass is 298 g/mol. The van der Waals surface area contributed by atoms with Crippen LogP contribution in [0.25, 0.3) is 10.4 Å². The first kappa shape index (κ1) is 14.9. The summed E-state index contributed by atoms with van der Waals surface area (Å²) in [5, 5.41) is 4.03. The number of likely N-dealkylation sites (tertiary alicyclic amines) is 1. The molecule has 0 N–H and O–H groups in total. The molecule has 1 amide bonds. The van der Waals surface area contributed by atoms with Crippen LogP contribution in [0.15, 0.2) is 35.4 Å². The van der Waals surface area contributed by atoms with E-state index in [0.717, 1.165) is 32.2 Å². The van der Waals surface area contributed by atoms with Gasteiger partial charge in [-0.3, -0.25) is 4.79 Å². The highest BCUT2D eigenvalue weighted by Gasteiger charge is 2.42. The summed E-state index contributed by atoms with van der Waals surface area (Å²) in [7, 11) is 0. The normalized spacial score (nSPS) is 24.5. The topological polar surface area (TPSA) is 69.1 Å². The summed E-state index contributed by atoms with van der Waals surface area (Å²) in [6.45, 7) is 2.86. The SMILES string of the molecule is CC(c1ccccc1)N1CC(CC2(N=[N+]=[N-])CCC2)CC1=O. The second-order valence-electron chi connectivity index (χ2n) is 6.67. The van der Waals surface area contributed by atoms with Gasteiger partial charge >= 0.3 is 0 Å². The van der Waals surface area contributed by atoms with Crippen molar-refractivity contribution in [2.45, 2.75) is 50.6 Å². The van der Waals surface area contributed by atoms with Crippen LogP contribution in [0.5, 0.6) is 0 Å². The molecule has 1 aromatic carbocycles. The van der Waals surface area contributed by atoms with Crippen molar-refractivity contribution in [3.63, 3.8) is 0 Å². The van der Waals surface area contributed by atoms with Crippen molar-refractivity contribution in [3.8, 4) is 0 Å². The Kier molecular flexibility index (Phi) is 4.08. The third kappa shape index (κ3) is 2.81. The predicted molar refractivity (Wildman–Crippen MR) is 85.0 cm³/mol. The van der Waals surface area contributed by atoms with Gasteiger partial charge in [-0.15, -0.1) is 0 Å². The van der Waals surface area contributed by atoms with Gasteiger partial charge in [0.15, 0.2) is 0 Å². The van der Waals surface area contributed by atoms with E-state index in [1.807, 2.05) is 23.1 Å². The van der Waals surface area contributed by atoms with E-state index in [1.165, 1.54) is 5.56 Å². The van der Waals surface area contributed by atoms with Gasteiger partial charge in [0.1, 0.15) is 0 Å². The second-order valence-corrected chi connectivity index (χ2v) is 6.67. The number of amides is 1. The molecule has 0 bridgehead atoms. The number of hydrogen-bond acceptors (Lipinski definition) is 2. The molecule has 1 heterocycles. The minimum absolute atomic E-state index is 0.107. The largest absolute Gasteiger partial charge is 0.336 e. The summed E-state index contributed by atoms with van der Waals surface area (Å²) >= 11 is 0. The fraction of sp³-hybridized carbons (Fsp3) is 0.588. The molecule has 22 heavy (non-hydrogen) atoms. The van der Waals surface area contributed by atoms with Gasteiger partial charge in [-0.05, 0) is 43.2 Å². The summed E-state index contributed by atoms with van der Waals surface area (Å²) in [4.78, 5) is 17.4. The van der Waals surface area contributed by atoms with Gasteiger partial charge < -0.3 is 4.90 Å². The summed E-state index contributed by atoms with van der Waals surface area (Å²) in [6, 6.07) is 10.3. The Balaban J connectivity index is 1.67. The van der Waals surface area contributed by atoms with Crippen molar-refractivity contribution >= 4 is 5.91 Å². The zero-order valence-corrected chi connectivity index (χ0v) is 13.0. The van der Waals surface area contributed by atoms with Crippen molar-refractivity contribution in [1.29, 1.82) is 0 Å². The molecular formula is C17H22N4O. The van der Waals surface area contributed by atoms with E-state index in [2.05, 4.69) is 29.1 Å². The lowest BCUT2D eigenvalue weighted by Crippen LogP contribution is -2.37. The van der Waals surface area contributed by atoms with Crippen LogP contribution in [0.4, 0.5) is 0 Å². The van der Waals surface area contributed by atoms with E-state index in [-0.39, 0.29) is 17.5 Å². The minimum atomic E-state index is -0.217. The van der Waals surface area contributed by atoms with Crippen molar-refractivity contribution in [2.75, 3.05) is 6.54 Å². The van der Waals surface area contributed by atoms with E-state index >= 15 is 0 Å². The quantitative estimate of drug-likeness (QED) is 0.456. The summed E-state index contributed by atoms with van der Waals surface area (Å²) < 4.78 is 0. The predicted octanol–water partition coefficient (Wildman–Crippen LogP) is 4.22. The molecule has 2 aliphatic rings. The van der Waals surface area contributed by atoms with Gasteiger partial charge in [-0.25, -0.2) is 0 Å². The average Bonchev–Trinajstić information content (AvgIpc) is 2.86. The highest BCUT2D eigenvalue weighted by Crippen LogP contribution is 2.43. The number of rotatable bonds is 5. The molecule has 3 rings (SSSR count). The number of carbonyl (C=O) groups excluding carboxylic acids is 1. The Bertz CT molecular complexity index is 590. The standard InChI is InChI=1S/C17H22N4O/c1-13(15-6-3-2-4-7-15)21-12-14(10-16(21)22)11-17(19-20-18)8-5-9-17/h2-4,6-7,13-14H,5,8-12H2,1H3. The zero-order valence-electron chi connectivity index (χ0n) is 13.0. The van der Waals surface area contributed by atoms with Crippen LogP contribution in [0, 0.1) is 5.92 Å². The fourth-order valence-corrected chi connectivity index (χ4v) is 3.79. The lowest BCUT2D eigenvalue weighted by Gasteiger charge is -2.39. The van der Waals surface area contributed by atoms with Crippen LogP contribution in [-0.2, 0) is 4.79 Å². The number of nitrogens with zero attached hydrogens (tertiary/aromatic N) is 4. The average molecular weight is 298 g/mol. The lowest BCUT2D eigenvalue weighted by molar-refractivity contribution is -0.129. The van der Waals surface area contributed by atoms with Crippen molar-refractivity contribution in [3.05, 3.63) is 46.3 Å². The Morgan fingerprint density at radius 2 is 2.14 bits per heavy atom. The highest BCUT2D eigenvalue weighted by molar-refractivity contribution is 5.79.